The van der Waals surface area contributed by atoms with E-state index in [1.54, 1.807) is 38.5 Å². The van der Waals surface area contributed by atoms with Crippen LogP contribution in [0.3, 0.4) is 0 Å². The summed E-state index contributed by atoms with van der Waals surface area (Å²) in [7, 11) is 0. The van der Waals surface area contributed by atoms with Crippen molar-refractivity contribution in [1.82, 2.24) is 14.9 Å². The van der Waals surface area contributed by atoms with Gasteiger partial charge < -0.3 is 14.6 Å². The van der Waals surface area contributed by atoms with E-state index in [9.17, 15) is 19.7 Å². The summed E-state index contributed by atoms with van der Waals surface area (Å²) in [6, 6.07) is 13.7. The zero-order valence-corrected chi connectivity index (χ0v) is 21.5. The van der Waals surface area contributed by atoms with Gasteiger partial charge in [0.25, 0.3) is 10.9 Å². The maximum atomic E-state index is 13.2. The smallest absolute Gasteiger partial charge is 0.337 e. The number of ether oxygens (including phenoxy) is 1. The maximum Gasteiger partial charge on any atom is 0.337 e. The molecular formula is C28H25ClN4O5. The summed E-state index contributed by atoms with van der Waals surface area (Å²) in [5.41, 5.74) is 3.53. The van der Waals surface area contributed by atoms with Gasteiger partial charge in [-0.25, -0.2) is 9.78 Å². The van der Waals surface area contributed by atoms with Gasteiger partial charge in [-0.2, -0.15) is 0 Å². The van der Waals surface area contributed by atoms with E-state index in [0.717, 1.165) is 17.7 Å². The number of hydrogen-bond acceptors (Lipinski definition) is 7. The molecule has 2 aromatic carbocycles. The van der Waals surface area contributed by atoms with Gasteiger partial charge >= 0.3 is 5.97 Å². The molecule has 0 saturated carbocycles. The molecule has 1 aromatic heterocycles. The van der Waals surface area contributed by atoms with Crippen LogP contribution in [-0.2, 0) is 20.9 Å². The number of aromatic nitrogens is 2. The molecule has 1 unspecified atom stereocenters. The topological polar surface area (TPSA) is 116 Å². The zero-order chi connectivity index (χ0) is 27.2. The number of rotatable bonds is 9. The van der Waals surface area contributed by atoms with Crippen molar-refractivity contribution in [2.45, 2.75) is 26.3 Å². The van der Waals surface area contributed by atoms with Crippen LogP contribution in [-0.4, -0.2) is 32.3 Å². The fraction of sp³-hybridized carbons (Fsp3) is 0.179. The number of benzene rings is 2. The number of esters is 1. The molecule has 1 aliphatic rings. The normalized spacial score (nSPS) is 15.5. The Morgan fingerprint density at radius 3 is 2.55 bits per heavy atom. The molecule has 0 amide bonds. The van der Waals surface area contributed by atoms with Crippen LogP contribution in [0.1, 0.15) is 36.5 Å². The highest BCUT2D eigenvalue weighted by molar-refractivity contribution is 6.68. The van der Waals surface area contributed by atoms with Crippen molar-refractivity contribution in [3.05, 3.63) is 123 Å². The third-order valence-corrected chi connectivity index (χ3v) is 6.34. The quantitative estimate of drug-likeness (QED) is 0.176. The average Bonchev–Trinajstić information content (AvgIpc) is 3.40. The second-order valence-corrected chi connectivity index (χ2v) is 9.08. The Balaban J connectivity index is 1.49. The molecule has 194 valence electrons. The van der Waals surface area contributed by atoms with E-state index >= 15 is 0 Å². The molecule has 0 bridgehead atoms. The van der Waals surface area contributed by atoms with E-state index in [0.29, 0.717) is 17.0 Å². The van der Waals surface area contributed by atoms with Crippen LogP contribution in [0.15, 0.2) is 95.9 Å². The van der Waals surface area contributed by atoms with E-state index in [1.165, 1.54) is 18.2 Å². The molecule has 10 heteroatoms. The molecule has 1 aliphatic heterocycles. The molecule has 4 rings (SSSR count). The highest BCUT2D eigenvalue weighted by Gasteiger charge is 2.37. The van der Waals surface area contributed by atoms with Crippen LogP contribution in [0.4, 0.5) is 5.69 Å². The fourth-order valence-corrected chi connectivity index (χ4v) is 4.64. The molecule has 0 spiro atoms. The van der Waals surface area contributed by atoms with Crippen LogP contribution >= 0.6 is 11.6 Å². The molecule has 0 aliphatic carbocycles. The number of nitro groups is 1. The number of halogens is 1. The lowest BCUT2D eigenvalue weighted by Gasteiger charge is -2.29. The minimum absolute atomic E-state index is 0.0130. The van der Waals surface area contributed by atoms with Crippen molar-refractivity contribution in [3.8, 4) is 0 Å². The van der Waals surface area contributed by atoms with Gasteiger partial charge in [-0.3, -0.25) is 14.9 Å². The average molecular weight is 533 g/mol. The number of carbonyl (C=O) groups is 2. The molecule has 38 heavy (non-hydrogen) atoms. The highest BCUT2D eigenvalue weighted by Crippen LogP contribution is 2.40. The van der Waals surface area contributed by atoms with E-state index in [1.807, 2.05) is 41.1 Å². The lowest BCUT2D eigenvalue weighted by atomic mass is 9.81. The number of hydrogen-bond donors (Lipinski definition) is 1. The van der Waals surface area contributed by atoms with Crippen LogP contribution in [0.25, 0.3) is 6.08 Å². The van der Waals surface area contributed by atoms with E-state index in [2.05, 4.69) is 10.3 Å². The van der Waals surface area contributed by atoms with Crippen LogP contribution in [0.2, 0.25) is 0 Å². The number of nitrogens with one attached hydrogen (secondary N) is 1. The zero-order valence-electron chi connectivity index (χ0n) is 20.8. The summed E-state index contributed by atoms with van der Waals surface area (Å²) in [6.07, 6.45) is 8.94. The monoisotopic (exact) mass is 532 g/mol. The summed E-state index contributed by atoms with van der Waals surface area (Å²) in [6.45, 7) is 4.05. The number of nitro benzene ring substituents is 1. The Morgan fingerprint density at radius 2 is 1.89 bits per heavy atom. The first-order valence-electron chi connectivity index (χ1n) is 11.8. The predicted molar refractivity (Wildman–Crippen MR) is 143 cm³/mol. The Bertz CT molecular complexity index is 1460. The summed E-state index contributed by atoms with van der Waals surface area (Å²) >= 11 is 5.90. The first-order valence-corrected chi connectivity index (χ1v) is 12.1. The minimum atomic E-state index is -0.916. The van der Waals surface area contributed by atoms with Gasteiger partial charge in [-0.05, 0) is 48.2 Å². The third-order valence-electron chi connectivity index (χ3n) is 6.13. The Morgan fingerprint density at radius 1 is 1.16 bits per heavy atom. The van der Waals surface area contributed by atoms with Crippen molar-refractivity contribution in [3.63, 3.8) is 0 Å². The molecule has 0 saturated heterocycles. The molecule has 1 N–H and O–H groups in total. The SMILES string of the molecule is CC1=C(C(=O)Cl)C(c2cccc([N+](=O)[O-])c2)C(C(=O)OCC=Cc2ccc(Cn3ccnc3)cc2)=C(C)N1. The fourth-order valence-electron chi connectivity index (χ4n) is 4.39. The lowest BCUT2D eigenvalue weighted by molar-refractivity contribution is -0.384. The number of nitrogens with zero attached hydrogens (tertiary/aromatic N) is 3. The lowest BCUT2D eigenvalue weighted by Crippen LogP contribution is -2.31. The second kappa shape index (κ2) is 11.7. The van der Waals surface area contributed by atoms with Gasteiger partial charge in [0.1, 0.15) is 6.61 Å². The van der Waals surface area contributed by atoms with Crippen molar-refractivity contribution < 1.29 is 19.2 Å². The van der Waals surface area contributed by atoms with Crippen molar-refractivity contribution in [1.29, 1.82) is 0 Å². The molecule has 0 radical (unpaired) electrons. The number of non-ortho nitro benzene ring substituents is 1. The summed E-state index contributed by atoms with van der Waals surface area (Å²) in [4.78, 5) is 40.4. The minimum Gasteiger partial charge on any atom is -0.458 e. The maximum absolute atomic E-state index is 13.2. The summed E-state index contributed by atoms with van der Waals surface area (Å²) in [5, 5.41) is 13.6. The summed E-state index contributed by atoms with van der Waals surface area (Å²) in [5.74, 6) is -1.57. The molecular weight excluding hydrogens is 508 g/mol. The number of dihydropyridines is 1. The van der Waals surface area contributed by atoms with Gasteiger partial charge in [-0.15, -0.1) is 0 Å². The van der Waals surface area contributed by atoms with E-state index in [-0.39, 0.29) is 23.4 Å². The van der Waals surface area contributed by atoms with E-state index < -0.39 is 22.1 Å². The summed E-state index contributed by atoms with van der Waals surface area (Å²) < 4.78 is 7.49. The van der Waals surface area contributed by atoms with Crippen molar-refractivity contribution >= 4 is 34.6 Å². The molecule has 2 heterocycles. The first-order chi connectivity index (χ1) is 18.2. The molecule has 3 aromatic rings. The van der Waals surface area contributed by atoms with Gasteiger partial charge in [0.2, 0.25) is 0 Å². The van der Waals surface area contributed by atoms with E-state index in [4.69, 9.17) is 16.3 Å². The number of imidazole rings is 1. The number of allylic oxidation sites excluding steroid dienone is 3. The van der Waals surface area contributed by atoms with Crippen LogP contribution in [0, 0.1) is 10.1 Å². The van der Waals surface area contributed by atoms with Gasteiger partial charge in [-0.1, -0.05) is 42.5 Å². The Labute approximate surface area is 224 Å². The highest BCUT2D eigenvalue weighted by atomic mass is 35.5. The predicted octanol–water partition coefficient (Wildman–Crippen LogP) is 5.10. The molecule has 1 atom stereocenters. The van der Waals surface area contributed by atoms with Gasteiger partial charge in [0.15, 0.2) is 0 Å². The Kier molecular flexibility index (Phi) is 8.18. The Hall–Kier alpha value is -4.50. The number of carbonyl (C=O) groups excluding carboxylic acids is 2. The van der Waals surface area contributed by atoms with Gasteiger partial charge in [0.05, 0.1) is 16.8 Å². The molecule has 0 fully saturated rings. The third kappa shape index (κ3) is 6.07. The van der Waals surface area contributed by atoms with Crippen LogP contribution < -0.4 is 5.32 Å². The van der Waals surface area contributed by atoms with Crippen LogP contribution in [0.5, 0.6) is 0 Å². The molecule has 9 nitrogen and oxygen atoms in total. The first kappa shape index (κ1) is 26.6. The largest absolute Gasteiger partial charge is 0.458 e. The standard InChI is InChI=1S/C28H25ClN4O5/c1-18-24(27(29)34)26(22-6-3-7-23(15-22)33(36)37)25(19(2)31-18)28(35)38-14-4-5-20-8-10-21(11-9-20)16-32-13-12-30-17-32/h3-13,15,17,26,31H,14,16H2,1-2H3. The van der Waals surface area contributed by atoms with Gasteiger partial charge in [0, 0.05) is 54.0 Å². The van der Waals surface area contributed by atoms with Crippen molar-refractivity contribution in [2.75, 3.05) is 6.61 Å². The second-order valence-electron chi connectivity index (χ2n) is 8.74. The van der Waals surface area contributed by atoms with Crippen molar-refractivity contribution in [2.24, 2.45) is 0 Å².